The molecule has 94 valence electrons. The van der Waals surface area contributed by atoms with Crippen molar-refractivity contribution in [3.8, 4) is 0 Å². The highest BCUT2D eigenvalue weighted by molar-refractivity contribution is 5.82. The minimum Gasteiger partial charge on any atom is -0.353 e. The summed E-state index contributed by atoms with van der Waals surface area (Å²) in [5, 5.41) is 3.02. The lowest BCUT2D eigenvalue weighted by molar-refractivity contribution is -0.126. The standard InChI is InChI=1S/C13H26N2O/c1-10(2)7-9-15-8-5-6-12(15)13(16)14-11(3)4/h10-12H,5-9H2,1-4H3,(H,14,16)/t12-/m0/s1. The van der Waals surface area contributed by atoms with Gasteiger partial charge in [-0.3, -0.25) is 9.69 Å². The molecule has 1 saturated heterocycles. The van der Waals surface area contributed by atoms with Crippen LogP contribution in [0, 0.1) is 5.92 Å². The summed E-state index contributed by atoms with van der Waals surface area (Å²) in [6, 6.07) is 0.376. The molecule has 0 bridgehead atoms. The van der Waals surface area contributed by atoms with Gasteiger partial charge in [0.1, 0.15) is 0 Å². The summed E-state index contributed by atoms with van der Waals surface area (Å²) in [5.74, 6) is 0.936. The Hall–Kier alpha value is -0.570. The third-order valence-corrected chi connectivity index (χ3v) is 3.09. The lowest BCUT2D eigenvalue weighted by Crippen LogP contribution is -2.45. The molecular formula is C13H26N2O. The molecule has 1 aliphatic heterocycles. The highest BCUT2D eigenvalue weighted by atomic mass is 16.2. The number of likely N-dealkylation sites (tertiary alicyclic amines) is 1. The van der Waals surface area contributed by atoms with Gasteiger partial charge in [0.05, 0.1) is 6.04 Å². The van der Waals surface area contributed by atoms with Crippen LogP contribution < -0.4 is 5.32 Å². The molecule has 0 saturated carbocycles. The van der Waals surface area contributed by atoms with Crippen molar-refractivity contribution in [1.82, 2.24) is 10.2 Å². The summed E-state index contributed by atoms with van der Waals surface area (Å²) in [7, 11) is 0. The van der Waals surface area contributed by atoms with Gasteiger partial charge in [0.25, 0.3) is 0 Å². The summed E-state index contributed by atoms with van der Waals surface area (Å²) >= 11 is 0. The van der Waals surface area contributed by atoms with Gasteiger partial charge in [-0.25, -0.2) is 0 Å². The molecule has 1 fully saturated rings. The van der Waals surface area contributed by atoms with E-state index in [0.29, 0.717) is 0 Å². The molecule has 0 aromatic rings. The molecule has 1 N–H and O–H groups in total. The second-order valence-corrected chi connectivity index (χ2v) is 5.54. The van der Waals surface area contributed by atoms with E-state index in [-0.39, 0.29) is 18.0 Å². The second-order valence-electron chi connectivity index (χ2n) is 5.54. The van der Waals surface area contributed by atoms with Crippen LogP contribution in [0.1, 0.15) is 47.0 Å². The largest absolute Gasteiger partial charge is 0.353 e. The molecule has 0 unspecified atom stereocenters. The van der Waals surface area contributed by atoms with Crippen molar-refractivity contribution in [2.24, 2.45) is 5.92 Å². The van der Waals surface area contributed by atoms with Crippen LogP contribution in [-0.2, 0) is 4.79 Å². The highest BCUT2D eigenvalue weighted by Crippen LogP contribution is 2.18. The SMILES string of the molecule is CC(C)CCN1CCC[C@H]1C(=O)NC(C)C. The summed E-state index contributed by atoms with van der Waals surface area (Å²) < 4.78 is 0. The van der Waals surface area contributed by atoms with Crippen molar-refractivity contribution in [3.63, 3.8) is 0 Å². The summed E-state index contributed by atoms with van der Waals surface area (Å²) in [5.41, 5.74) is 0. The maximum absolute atomic E-state index is 12.0. The van der Waals surface area contributed by atoms with E-state index in [1.165, 1.54) is 6.42 Å². The second kappa shape index (κ2) is 6.24. The summed E-state index contributed by atoms with van der Waals surface area (Å²) in [6.07, 6.45) is 3.37. The first-order valence-electron chi connectivity index (χ1n) is 6.55. The molecule has 1 heterocycles. The predicted octanol–water partition coefficient (Wildman–Crippen LogP) is 2.02. The average Bonchev–Trinajstić information content (AvgIpc) is 2.61. The Balaban J connectivity index is 2.42. The maximum Gasteiger partial charge on any atom is 0.237 e. The Morgan fingerprint density at radius 1 is 1.38 bits per heavy atom. The molecule has 0 aromatic carbocycles. The summed E-state index contributed by atoms with van der Waals surface area (Å²) in [6.45, 7) is 10.7. The van der Waals surface area contributed by atoms with Gasteiger partial charge in [0.2, 0.25) is 5.91 Å². The molecule has 1 amide bonds. The molecule has 3 nitrogen and oxygen atoms in total. The fraction of sp³-hybridized carbons (Fsp3) is 0.923. The number of rotatable bonds is 5. The number of amides is 1. The zero-order valence-corrected chi connectivity index (χ0v) is 11.1. The molecule has 1 rings (SSSR count). The van der Waals surface area contributed by atoms with E-state index < -0.39 is 0 Å². The van der Waals surface area contributed by atoms with Gasteiger partial charge in [-0.2, -0.15) is 0 Å². The molecule has 0 aromatic heterocycles. The van der Waals surface area contributed by atoms with Crippen LogP contribution in [-0.4, -0.2) is 36.0 Å². The quantitative estimate of drug-likeness (QED) is 0.778. The van der Waals surface area contributed by atoms with Gasteiger partial charge in [-0.1, -0.05) is 13.8 Å². The lowest BCUT2D eigenvalue weighted by Gasteiger charge is -2.25. The Labute approximate surface area is 99.6 Å². The third kappa shape index (κ3) is 4.12. The average molecular weight is 226 g/mol. The van der Waals surface area contributed by atoms with Crippen LogP contribution >= 0.6 is 0 Å². The zero-order valence-electron chi connectivity index (χ0n) is 11.1. The third-order valence-electron chi connectivity index (χ3n) is 3.09. The molecule has 0 aliphatic carbocycles. The minimum absolute atomic E-state index is 0.126. The van der Waals surface area contributed by atoms with Crippen LogP contribution in [0.3, 0.4) is 0 Å². The van der Waals surface area contributed by atoms with Gasteiger partial charge in [0, 0.05) is 6.04 Å². The van der Waals surface area contributed by atoms with Gasteiger partial charge in [0.15, 0.2) is 0 Å². The molecule has 3 heteroatoms. The number of hydrogen-bond donors (Lipinski definition) is 1. The van der Waals surface area contributed by atoms with Crippen LogP contribution in [0.15, 0.2) is 0 Å². The molecule has 1 aliphatic rings. The van der Waals surface area contributed by atoms with Crippen molar-refractivity contribution >= 4 is 5.91 Å². The first-order valence-corrected chi connectivity index (χ1v) is 6.55. The van der Waals surface area contributed by atoms with E-state index in [1.807, 2.05) is 13.8 Å². The van der Waals surface area contributed by atoms with E-state index in [2.05, 4.69) is 24.1 Å². The van der Waals surface area contributed by atoms with Crippen molar-refractivity contribution in [2.75, 3.05) is 13.1 Å². The van der Waals surface area contributed by atoms with E-state index in [1.54, 1.807) is 0 Å². The Kier molecular flexibility index (Phi) is 5.26. The molecule has 16 heavy (non-hydrogen) atoms. The van der Waals surface area contributed by atoms with Crippen molar-refractivity contribution < 1.29 is 4.79 Å². The Morgan fingerprint density at radius 2 is 2.06 bits per heavy atom. The number of hydrogen-bond acceptors (Lipinski definition) is 2. The van der Waals surface area contributed by atoms with Gasteiger partial charge < -0.3 is 5.32 Å². The van der Waals surface area contributed by atoms with Crippen molar-refractivity contribution in [1.29, 1.82) is 0 Å². The van der Waals surface area contributed by atoms with Gasteiger partial charge in [-0.05, 0) is 52.1 Å². The number of nitrogens with zero attached hydrogens (tertiary/aromatic N) is 1. The smallest absolute Gasteiger partial charge is 0.237 e. The van der Waals surface area contributed by atoms with E-state index in [9.17, 15) is 4.79 Å². The maximum atomic E-state index is 12.0. The first-order chi connectivity index (χ1) is 7.50. The van der Waals surface area contributed by atoms with Crippen molar-refractivity contribution in [3.05, 3.63) is 0 Å². The zero-order chi connectivity index (χ0) is 12.1. The Bertz CT molecular complexity index is 226. The number of carbonyl (C=O) groups is 1. The van der Waals surface area contributed by atoms with Gasteiger partial charge in [-0.15, -0.1) is 0 Å². The normalized spacial score (nSPS) is 22.0. The molecular weight excluding hydrogens is 200 g/mol. The number of nitrogens with one attached hydrogen (secondary N) is 1. The van der Waals surface area contributed by atoms with E-state index >= 15 is 0 Å². The number of carbonyl (C=O) groups excluding carboxylic acids is 1. The van der Waals surface area contributed by atoms with Crippen LogP contribution in [0.2, 0.25) is 0 Å². The minimum atomic E-state index is 0.126. The fourth-order valence-corrected chi connectivity index (χ4v) is 2.20. The van der Waals surface area contributed by atoms with Crippen LogP contribution in [0.25, 0.3) is 0 Å². The predicted molar refractivity (Wildman–Crippen MR) is 67.3 cm³/mol. The van der Waals surface area contributed by atoms with Crippen molar-refractivity contribution in [2.45, 2.75) is 59.0 Å². The highest BCUT2D eigenvalue weighted by Gasteiger charge is 2.30. The molecule has 1 atom stereocenters. The molecule has 0 radical (unpaired) electrons. The topological polar surface area (TPSA) is 32.3 Å². The summed E-state index contributed by atoms with van der Waals surface area (Å²) in [4.78, 5) is 14.3. The lowest BCUT2D eigenvalue weighted by atomic mass is 10.1. The van der Waals surface area contributed by atoms with E-state index in [0.717, 1.165) is 31.8 Å². The first kappa shape index (κ1) is 13.5. The molecule has 0 spiro atoms. The van der Waals surface area contributed by atoms with E-state index in [4.69, 9.17) is 0 Å². The van der Waals surface area contributed by atoms with Crippen LogP contribution in [0.4, 0.5) is 0 Å². The fourth-order valence-electron chi connectivity index (χ4n) is 2.20. The monoisotopic (exact) mass is 226 g/mol. The Morgan fingerprint density at radius 3 is 2.62 bits per heavy atom. The van der Waals surface area contributed by atoms with Gasteiger partial charge >= 0.3 is 0 Å². The van der Waals surface area contributed by atoms with Crippen LogP contribution in [0.5, 0.6) is 0 Å².